The molecule has 20 heteroatoms. The van der Waals surface area contributed by atoms with Gasteiger partial charge in [0.05, 0.1) is 6.10 Å². The van der Waals surface area contributed by atoms with E-state index in [2.05, 4.69) is 27.7 Å². The first kappa shape index (κ1) is 52.7. The van der Waals surface area contributed by atoms with Crippen molar-refractivity contribution in [3.05, 3.63) is 60.7 Å². The molecule has 0 amide bonds. The van der Waals surface area contributed by atoms with Gasteiger partial charge in [-0.25, -0.2) is 0 Å². The van der Waals surface area contributed by atoms with Gasteiger partial charge in [0, 0.05) is 22.2 Å². The van der Waals surface area contributed by atoms with Gasteiger partial charge in [0.2, 0.25) is 0 Å². The molecule has 0 radical (unpaired) electrons. The second-order valence-corrected chi connectivity index (χ2v) is 35.3. The number of benzene rings is 2. The Kier molecular flexibility index (Phi) is 15.3. The summed E-state index contributed by atoms with van der Waals surface area (Å²) in [5, 5.41) is 41.5. The number of fused-ring (bicyclic) bond motifs is 2. The number of aliphatic hydroxyl groups is 1. The quantitative estimate of drug-likeness (QED) is 0.169. The van der Waals surface area contributed by atoms with Gasteiger partial charge in [-0.3, -0.25) is 0 Å². The van der Waals surface area contributed by atoms with Gasteiger partial charge in [0.15, 0.2) is 0 Å². The maximum atomic E-state index is 11.9. The van der Waals surface area contributed by atoms with Gasteiger partial charge in [0.1, 0.15) is 0 Å². The first-order valence-corrected chi connectivity index (χ1v) is 31.3. The van der Waals surface area contributed by atoms with Crippen LogP contribution in [0.2, 0.25) is 0 Å². The zero-order valence-electron chi connectivity index (χ0n) is 38.0. The Morgan fingerprint density at radius 3 is 1.35 bits per heavy atom. The molecular weight excluding hydrogens is 1040 g/mol. The minimum absolute atomic E-state index is 0.0316. The van der Waals surface area contributed by atoms with Gasteiger partial charge in [-0.1, -0.05) is 0 Å². The molecule has 4 aliphatic rings. The molecular formula is C42H64I2N2O16. The zero-order valence-corrected chi connectivity index (χ0v) is 42.3. The summed E-state index contributed by atoms with van der Waals surface area (Å²) in [4.78, 5) is 72.0. The molecule has 0 spiro atoms. The van der Waals surface area contributed by atoms with E-state index in [-0.39, 0.29) is 48.7 Å². The van der Waals surface area contributed by atoms with Crippen LogP contribution in [-0.2, 0) is 37.6 Å². The van der Waals surface area contributed by atoms with E-state index < -0.39 is 72.4 Å². The number of rotatable bonds is 4. The van der Waals surface area contributed by atoms with Crippen molar-refractivity contribution in [2.45, 2.75) is 143 Å². The van der Waals surface area contributed by atoms with Crippen molar-refractivity contribution in [2.24, 2.45) is 0 Å². The van der Waals surface area contributed by atoms with Crippen molar-refractivity contribution in [3.63, 3.8) is 0 Å². The number of carbonyl (C=O) groups is 6. The van der Waals surface area contributed by atoms with Gasteiger partial charge in [-0.05, 0) is 87.5 Å². The van der Waals surface area contributed by atoms with Crippen molar-refractivity contribution in [2.75, 3.05) is 9.86 Å². The minimum Gasteiger partial charge on any atom is -0.393 e. The Morgan fingerprint density at radius 2 is 0.968 bits per heavy atom. The third-order valence-corrected chi connectivity index (χ3v) is 26.6. The number of phenolic OH excluding ortho intramolecular Hbond substituents is 1. The summed E-state index contributed by atoms with van der Waals surface area (Å²) in [5.74, 6) is -4.37. The Balaban J connectivity index is 0.000000227. The number of hydrogen-bond acceptors (Lipinski definition) is 18. The first-order valence-electron chi connectivity index (χ1n) is 19.6. The molecule has 0 unspecified atom stereocenters. The van der Waals surface area contributed by atoms with Crippen LogP contribution in [0.4, 0.5) is 0 Å². The molecule has 0 saturated carbocycles. The maximum Gasteiger partial charge on any atom is 0.0576 e. The third kappa shape index (κ3) is 11.5. The number of hydrogen-bond donors (Lipinski definition) is 4. The number of hydroxylamine groups is 4. The second kappa shape index (κ2) is 18.1. The molecule has 0 atom stereocenters. The van der Waals surface area contributed by atoms with Gasteiger partial charge >= 0.3 is 229 Å². The van der Waals surface area contributed by atoms with Crippen LogP contribution in [-0.4, -0.2) is 105 Å². The Bertz CT molecular complexity index is 2030. The first-order chi connectivity index (χ1) is 28.0. The third-order valence-electron chi connectivity index (χ3n) is 10.2. The molecule has 2 aromatic carbocycles. The Hall–Kier alpha value is -3.68. The molecule has 2 fully saturated rings. The fraction of sp³-hybridized carbons (Fsp3) is 0.571. The number of aliphatic hydroxyl groups excluding tert-OH is 1. The van der Waals surface area contributed by atoms with Crippen LogP contribution in [0.15, 0.2) is 42.5 Å². The average molecular weight is 1110 g/mol. The zero-order chi connectivity index (χ0) is 47.7. The van der Waals surface area contributed by atoms with Gasteiger partial charge < -0.3 is 15.5 Å². The van der Waals surface area contributed by atoms with Crippen LogP contribution in [0, 0.1) is 7.14 Å². The topological polar surface area (TPSA) is 245 Å². The van der Waals surface area contributed by atoms with Crippen LogP contribution in [0.5, 0.6) is 5.75 Å². The summed E-state index contributed by atoms with van der Waals surface area (Å²) in [6.45, 7) is 20.7. The van der Waals surface area contributed by atoms with Crippen LogP contribution < -0.4 is 0 Å². The van der Waals surface area contributed by atoms with E-state index in [4.69, 9.17) is 18.4 Å². The predicted octanol–water partition coefficient (Wildman–Crippen LogP) is 7.72. The van der Waals surface area contributed by atoms with Crippen molar-refractivity contribution in [1.82, 2.24) is 10.1 Å². The molecule has 4 heterocycles. The molecule has 18 nitrogen and oxygen atoms in total. The molecule has 4 N–H and O–H groups in total. The van der Waals surface area contributed by atoms with E-state index in [1.54, 1.807) is 24.3 Å². The Labute approximate surface area is 368 Å². The number of halogens is 2. The summed E-state index contributed by atoms with van der Waals surface area (Å²) in [7, 11) is 0. The smallest absolute Gasteiger partial charge is 0.0576 e. The predicted molar refractivity (Wildman–Crippen MR) is 242 cm³/mol. The van der Waals surface area contributed by atoms with Gasteiger partial charge in [0.25, 0.3) is 0 Å². The van der Waals surface area contributed by atoms with Gasteiger partial charge in [-0.2, -0.15) is 10.1 Å². The number of alkyl halides is 2. The summed E-state index contributed by atoms with van der Waals surface area (Å²) in [6.07, 6.45) is 4.37. The fourth-order valence-corrected chi connectivity index (χ4v) is 23.4. The maximum absolute atomic E-state index is 11.9. The summed E-state index contributed by atoms with van der Waals surface area (Å²) < 4.78 is 32.0. The van der Waals surface area contributed by atoms with Crippen LogP contribution >= 0.6 is 36.6 Å². The van der Waals surface area contributed by atoms with E-state index in [0.29, 0.717) is 16.4 Å². The summed E-state index contributed by atoms with van der Waals surface area (Å²) in [6, 6.07) is 10.3. The molecule has 4 aliphatic heterocycles. The number of aromatic hydroxyl groups is 1. The van der Waals surface area contributed by atoms with E-state index in [1.807, 2.05) is 27.7 Å². The van der Waals surface area contributed by atoms with Crippen molar-refractivity contribution in [1.29, 1.82) is 0 Å². The molecule has 0 aromatic heterocycles. The monoisotopic (exact) mass is 1110 g/mol. The largest absolute Gasteiger partial charge is 0.393 e. The van der Waals surface area contributed by atoms with Crippen molar-refractivity contribution >= 4 is 72.4 Å². The standard InChI is InChI=1S/C12H13IO7.C12H13IO6.C9H19NO2.C9H19NO/c1-7(14)18-13(3,19-8(2)15)11-5-4-9(16)6-10(11)12(17)20-13;1-8(14)17-13(3,18-9(2)15)11-7-5-4-6-10(11)12(16)19-13;1-8(2)5-7(11)6-9(3,4)10(8)12;1-8(2)6-5-7-9(3,4)10(8)11/h4-6,16H,1-3H3;4-7H,1-3H3;7,11-12H,5-6H2,1-4H3;11H,5-7H2,1-4H3. The molecule has 2 saturated heterocycles. The summed E-state index contributed by atoms with van der Waals surface area (Å²) >= 11 is -10.2. The van der Waals surface area contributed by atoms with E-state index in [1.165, 1.54) is 58.5 Å². The molecule has 62 heavy (non-hydrogen) atoms. The van der Waals surface area contributed by atoms with E-state index in [0.717, 1.165) is 26.7 Å². The Morgan fingerprint density at radius 1 is 0.613 bits per heavy atom. The van der Waals surface area contributed by atoms with E-state index >= 15 is 0 Å². The number of carbonyl (C=O) groups excluding carboxylic acids is 6. The number of phenols is 1. The second-order valence-electron chi connectivity index (χ2n) is 18.1. The molecule has 6 rings (SSSR count). The molecule has 352 valence electrons. The SMILES string of the molecule is CC(=O)OI1(C)(OC(C)=O)OC(=O)c2cc(O)ccc21.CC(=O)OI1(C)(OC(C)=O)OC(=O)c2ccccc21.CC1(C)CC(O)CC(C)(C)N1O.CC1(C)CCCC(C)(C)N1O. The average Bonchev–Trinajstić information content (AvgIpc) is 3.43. The fourth-order valence-electron chi connectivity index (χ4n) is 7.99. The van der Waals surface area contributed by atoms with Crippen LogP contribution in [0.3, 0.4) is 0 Å². The van der Waals surface area contributed by atoms with E-state index in [9.17, 15) is 49.4 Å². The molecule has 2 aromatic rings. The molecule has 0 aliphatic carbocycles. The molecule has 0 bridgehead atoms. The number of piperidine rings is 2. The minimum atomic E-state index is -5.15. The van der Waals surface area contributed by atoms with Gasteiger partial charge in [-0.15, -0.1) is 0 Å². The van der Waals surface area contributed by atoms with Crippen LogP contribution in [0.25, 0.3) is 0 Å². The number of nitrogens with zero attached hydrogens (tertiary/aromatic N) is 2. The van der Waals surface area contributed by atoms with Crippen LogP contribution in [0.1, 0.15) is 136 Å². The van der Waals surface area contributed by atoms with Crippen molar-refractivity contribution < 1.29 is 67.8 Å². The normalized spacial score (nSPS) is 24.0. The van der Waals surface area contributed by atoms with Crippen molar-refractivity contribution in [3.8, 4) is 5.75 Å². The summed E-state index contributed by atoms with van der Waals surface area (Å²) in [5.41, 5.74) is -0.419.